The summed E-state index contributed by atoms with van der Waals surface area (Å²) in [6.45, 7) is 8.14. The molecule has 7 rings (SSSR count). The van der Waals surface area contributed by atoms with Gasteiger partial charge in [0.25, 0.3) is 5.56 Å². The third kappa shape index (κ3) is 4.37. The van der Waals surface area contributed by atoms with Gasteiger partial charge in [-0.2, -0.15) is 0 Å². The fourth-order valence-corrected chi connectivity index (χ4v) is 6.61. The van der Waals surface area contributed by atoms with Crippen molar-refractivity contribution in [1.29, 1.82) is 0 Å². The molecule has 0 unspecified atom stereocenters. The van der Waals surface area contributed by atoms with Gasteiger partial charge >= 0.3 is 0 Å². The lowest BCUT2D eigenvalue weighted by molar-refractivity contribution is -0.138. The van der Waals surface area contributed by atoms with Crippen molar-refractivity contribution in [2.24, 2.45) is 0 Å². The van der Waals surface area contributed by atoms with E-state index >= 15 is 0 Å². The van der Waals surface area contributed by atoms with Gasteiger partial charge in [-0.05, 0) is 80.0 Å². The van der Waals surface area contributed by atoms with Crippen LogP contribution >= 0.6 is 0 Å². The predicted octanol–water partition coefficient (Wildman–Crippen LogP) is 4.78. The molecule has 9 nitrogen and oxygen atoms in total. The van der Waals surface area contributed by atoms with Crippen LogP contribution in [0.3, 0.4) is 0 Å². The van der Waals surface area contributed by atoms with Gasteiger partial charge < -0.3 is 5.32 Å². The Morgan fingerprint density at radius 1 is 1.07 bits per heavy atom. The van der Waals surface area contributed by atoms with Crippen LogP contribution in [0.2, 0.25) is 0 Å². The third-order valence-electron chi connectivity index (χ3n) is 8.40. The number of carbonyl (C=O) groups is 1. The van der Waals surface area contributed by atoms with Crippen LogP contribution in [0.25, 0.3) is 22.5 Å². The van der Waals surface area contributed by atoms with Crippen molar-refractivity contribution in [3.8, 4) is 22.5 Å². The highest BCUT2D eigenvalue weighted by Crippen LogP contribution is 2.46. The molecule has 3 aliphatic rings. The van der Waals surface area contributed by atoms with Crippen LogP contribution in [-0.2, 0) is 23.2 Å². The highest BCUT2D eigenvalue weighted by molar-refractivity contribution is 5.85. The van der Waals surface area contributed by atoms with E-state index in [1.165, 1.54) is 0 Å². The summed E-state index contributed by atoms with van der Waals surface area (Å²) in [5, 5.41) is 17.6. The summed E-state index contributed by atoms with van der Waals surface area (Å²) < 4.78 is 4.06. The Labute approximate surface area is 234 Å². The Bertz CT molecular complexity index is 1580. The lowest BCUT2D eigenvalue weighted by Crippen LogP contribution is -2.62. The molecule has 2 aromatic carbocycles. The highest BCUT2D eigenvalue weighted by atomic mass is 16.2. The number of rotatable bonds is 7. The Hall–Kier alpha value is -4.01. The van der Waals surface area contributed by atoms with Crippen LogP contribution in [-0.4, -0.2) is 41.4 Å². The van der Waals surface area contributed by atoms with Gasteiger partial charge in [0.1, 0.15) is 5.54 Å². The maximum atomic E-state index is 14.2. The predicted molar refractivity (Wildman–Crippen MR) is 154 cm³/mol. The number of carbonyl (C=O) groups excluding carboxylic acids is 1. The van der Waals surface area contributed by atoms with Crippen molar-refractivity contribution in [3.63, 3.8) is 0 Å². The number of hydrogen-bond acceptors (Lipinski definition) is 5. The standard InChI is InChI=1S/C31H37N7O2/c1-5-8-26-25(28(39)38-31(29(40)32-30(2,3)4)17-15-22(16-18-31)37(26)38)19-20-11-13-21(14-12-20)23-9-6-7-10-24(23)27-33-35-36-34-27/h6-7,9-14,22H,5,8,15-19H2,1-4H3,(H,32,40)(H,33,34,35,36). The molecular weight excluding hydrogens is 502 g/mol. The average molecular weight is 540 g/mol. The van der Waals surface area contributed by atoms with Crippen LogP contribution in [0.1, 0.15) is 82.7 Å². The Kier molecular flexibility index (Phi) is 6.47. The van der Waals surface area contributed by atoms with Gasteiger partial charge in [-0.25, -0.2) is 9.78 Å². The monoisotopic (exact) mass is 539 g/mol. The molecule has 4 aromatic rings. The minimum Gasteiger partial charge on any atom is -0.349 e. The number of fused-ring (bicyclic) bond motifs is 2. The van der Waals surface area contributed by atoms with Crippen LogP contribution in [0.4, 0.5) is 0 Å². The molecule has 1 aliphatic carbocycles. The third-order valence-corrected chi connectivity index (χ3v) is 8.40. The van der Waals surface area contributed by atoms with Crippen molar-refractivity contribution in [2.75, 3.05) is 0 Å². The van der Waals surface area contributed by atoms with Crippen molar-refractivity contribution >= 4 is 5.91 Å². The number of nitrogens with one attached hydrogen (secondary N) is 2. The number of tetrazole rings is 1. The number of H-pyrrole nitrogens is 1. The molecule has 2 aromatic heterocycles. The van der Waals surface area contributed by atoms with E-state index in [-0.39, 0.29) is 23.0 Å². The Balaban J connectivity index is 1.37. The normalized spacial score (nSPS) is 19.9. The van der Waals surface area contributed by atoms with Crippen LogP contribution in [0.15, 0.2) is 53.3 Å². The van der Waals surface area contributed by atoms with Gasteiger partial charge in [0.15, 0.2) is 5.82 Å². The molecule has 0 atom stereocenters. The zero-order valence-corrected chi connectivity index (χ0v) is 23.7. The van der Waals surface area contributed by atoms with Gasteiger partial charge in [0.05, 0.1) is 6.04 Å². The molecule has 208 valence electrons. The molecule has 0 spiro atoms. The molecule has 1 amide bonds. The lowest BCUT2D eigenvalue weighted by Gasteiger charge is -2.48. The molecule has 2 aliphatic heterocycles. The van der Waals surface area contributed by atoms with Gasteiger partial charge in [-0.15, -0.1) is 5.10 Å². The minimum atomic E-state index is -0.816. The van der Waals surface area contributed by atoms with E-state index in [9.17, 15) is 9.59 Å². The summed E-state index contributed by atoms with van der Waals surface area (Å²) in [6.07, 6.45) is 5.58. The molecule has 0 radical (unpaired) electrons. The average Bonchev–Trinajstić information content (AvgIpc) is 3.58. The molecule has 40 heavy (non-hydrogen) atoms. The molecule has 0 saturated heterocycles. The van der Waals surface area contributed by atoms with Gasteiger partial charge in [0, 0.05) is 28.8 Å². The molecule has 2 N–H and O–H groups in total. The quantitative estimate of drug-likeness (QED) is 0.351. The maximum absolute atomic E-state index is 14.2. The van der Waals surface area contributed by atoms with E-state index in [2.05, 4.69) is 67.9 Å². The summed E-state index contributed by atoms with van der Waals surface area (Å²) >= 11 is 0. The maximum Gasteiger partial charge on any atom is 0.271 e. The first-order chi connectivity index (χ1) is 19.2. The Morgan fingerprint density at radius 2 is 1.77 bits per heavy atom. The van der Waals surface area contributed by atoms with Crippen LogP contribution < -0.4 is 10.9 Å². The first-order valence-electron chi connectivity index (χ1n) is 14.3. The summed E-state index contributed by atoms with van der Waals surface area (Å²) in [5.41, 5.74) is 4.81. The van der Waals surface area contributed by atoms with Crippen LogP contribution in [0, 0.1) is 0 Å². The van der Waals surface area contributed by atoms with E-state index in [4.69, 9.17) is 0 Å². The molecule has 1 fully saturated rings. The number of aromatic nitrogens is 6. The van der Waals surface area contributed by atoms with Crippen molar-refractivity contribution in [2.45, 2.75) is 89.8 Å². The molecule has 4 heterocycles. The second kappa shape index (κ2) is 9.87. The number of nitrogens with zero attached hydrogens (tertiary/aromatic N) is 5. The largest absolute Gasteiger partial charge is 0.349 e. The smallest absolute Gasteiger partial charge is 0.271 e. The van der Waals surface area contributed by atoms with Crippen molar-refractivity contribution in [1.82, 2.24) is 35.3 Å². The molecule has 9 heteroatoms. The SMILES string of the molecule is CCCc1c(Cc2ccc(-c3ccccc3-c3nnn[nH]3)cc2)c(=O)n2n1C1CCC2(C(=O)NC(C)(C)C)CC1. The number of hydrogen-bond donors (Lipinski definition) is 2. The molecular formula is C31H37N7O2. The molecule has 1 saturated carbocycles. The number of aromatic amines is 1. The second-order valence-corrected chi connectivity index (χ2v) is 12.3. The summed E-state index contributed by atoms with van der Waals surface area (Å²) in [4.78, 5) is 27.9. The zero-order valence-electron chi connectivity index (χ0n) is 23.7. The van der Waals surface area contributed by atoms with E-state index < -0.39 is 5.54 Å². The van der Waals surface area contributed by atoms with Gasteiger partial charge in [0.2, 0.25) is 5.91 Å². The van der Waals surface area contributed by atoms with Crippen LogP contribution in [0.5, 0.6) is 0 Å². The highest BCUT2D eigenvalue weighted by Gasteiger charge is 2.52. The minimum absolute atomic E-state index is 0.0100. The summed E-state index contributed by atoms with van der Waals surface area (Å²) in [6, 6.07) is 16.7. The lowest BCUT2D eigenvalue weighted by atomic mass is 9.76. The fraction of sp³-hybridized carbons (Fsp3) is 0.452. The van der Waals surface area contributed by atoms with E-state index in [0.717, 1.165) is 59.2 Å². The first kappa shape index (κ1) is 26.2. The fourth-order valence-electron chi connectivity index (χ4n) is 6.61. The van der Waals surface area contributed by atoms with E-state index in [1.54, 1.807) is 0 Å². The number of benzene rings is 2. The second-order valence-electron chi connectivity index (χ2n) is 12.3. The van der Waals surface area contributed by atoms with Crippen molar-refractivity contribution < 1.29 is 4.79 Å². The molecule has 2 bridgehead atoms. The van der Waals surface area contributed by atoms with Gasteiger partial charge in [-0.1, -0.05) is 61.9 Å². The first-order valence-corrected chi connectivity index (χ1v) is 14.3. The van der Waals surface area contributed by atoms with E-state index in [1.807, 2.05) is 43.7 Å². The summed E-state index contributed by atoms with van der Waals surface area (Å²) in [5.74, 6) is 0.592. The zero-order chi connectivity index (χ0) is 28.1. The van der Waals surface area contributed by atoms with Crippen molar-refractivity contribution in [3.05, 3.63) is 75.7 Å². The Morgan fingerprint density at radius 3 is 2.40 bits per heavy atom. The number of amides is 1. The summed E-state index contributed by atoms with van der Waals surface area (Å²) in [7, 11) is 0. The van der Waals surface area contributed by atoms with Gasteiger partial charge in [-0.3, -0.25) is 14.3 Å². The van der Waals surface area contributed by atoms with E-state index in [0.29, 0.717) is 25.1 Å². The topological polar surface area (TPSA) is 110 Å².